The largest absolute Gasteiger partial charge is 0.493 e. The fourth-order valence-corrected chi connectivity index (χ4v) is 1.57. The predicted molar refractivity (Wildman–Crippen MR) is 67.9 cm³/mol. The Labute approximate surface area is 106 Å². The molecule has 1 aliphatic carbocycles. The van der Waals surface area contributed by atoms with E-state index in [2.05, 4.69) is 0 Å². The van der Waals surface area contributed by atoms with Crippen LogP contribution in [0.4, 0.5) is 0 Å². The first kappa shape index (κ1) is 12.5. The van der Waals surface area contributed by atoms with Gasteiger partial charge in [-0.05, 0) is 42.5 Å². The van der Waals surface area contributed by atoms with Crippen molar-refractivity contribution in [3.05, 3.63) is 29.8 Å². The predicted octanol–water partition coefficient (Wildman–Crippen LogP) is 2.58. The van der Waals surface area contributed by atoms with Crippen molar-refractivity contribution >= 4 is 12.0 Å². The molecule has 0 spiro atoms. The molecule has 0 saturated heterocycles. The molecule has 0 heterocycles. The van der Waals surface area contributed by atoms with E-state index in [9.17, 15) is 4.79 Å². The van der Waals surface area contributed by atoms with Gasteiger partial charge in [-0.2, -0.15) is 0 Å². The van der Waals surface area contributed by atoms with Crippen molar-refractivity contribution < 1.29 is 19.4 Å². The third-order valence-electron chi connectivity index (χ3n) is 2.78. The first-order chi connectivity index (χ1) is 8.69. The molecule has 0 unspecified atom stereocenters. The van der Waals surface area contributed by atoms with Crippen molar-refractivity contribution in [1.82, 2.24) is 0 Å². The van der Waals surface area contributed by atoms with Gasteiger partial charge in [0.25, 0.3) is 0 Å². The average Bonchev–Trinajstić information content (AvgIpc) is 3.18. The normalized spacial score (nSPS) is 14.7. The molecule has 1 aromatic rings. The summed E-state index contributed by atoms with van der Waals surface area (Å²) in [6.07, 6.45) is 5.10. The highest BCUT2D eigenvalue weighted by molar-refractivity contribution is 5.85. The third-order valence-corrected chi connectivity index (χ3v) is 2.78. The lowest BCUT2D eigenvalue weighted by Gasteiger charge is -2.10. The number of ether oxygens (including phenoxy) is 2. The zero-order chi connectivity index (χ0) is 13.0. The summed E-state index contributed by atoms with van der Waals surface area (Å²) in [7, 11) is 1.57. The van der Waals surface area contributed by atoms with Crippen LogP contribution in [-0.2, 0) is 4.79 Å². The maximum absolute atomic E-state index is 10.4. The third kappa shape index (κ3) is 3.52. The van der Waals surface area contributed by atoms with Gasteiger partial charge >= 0.3 is 5.97 Å². The Balaban J connectivity index is 2.08. The van der Waals surface area contributed by atoms with E-state index in [4.69, 9.17) is 14.6 Å². The first-order valence-corrected chi connectivity index (χ1v) is 5.91. The topological polar surface area (TPSA) is 55.8 Å². The monoisotopic (exact) mass is 248 g/mol. The van der Waals surface area contributed by atoms with Crippen molar-refractivity contribution in [3.8, 4) is 11.5 Å². The van der Waals surface area contributed by atoms with E-state index in [-0.39, 0.29) is 0 Å². The van der Waals surface area contributed by atoms with Gasteiger partial charge < -0.3 is 14.6 Å². The minimum Gasteiger partial charge on any atom is -0.493 e. The minimum atomic E-state index is -0.969. The van der Waals surface area contributed by atoms with Crippen LogP contribution in [0.3, 0.4) is 0 Å². The Kier molecular flexibility index (Phi) is 3.87. The number of carbonyl (C=O) groups is 1. The van der Waals surface area contributed by atoms with Gasteiger partial charge in [0, 0.05) is 6.08 Å². The second kappa shape index (κ2) is 5.58. The lowest BCUT2D eigenvalue weighted by molar-refractivity contribution is -0.131. The summed E-state index contributed by atoms with van der Waals surface area (Å²) in [5.74, 6) is 1.05. The standard InChI is InChI=1S/C14H16O4/c1-17-13-8-10(5-7-14(15)16)4-6-12(13)18-9-11-2-3-11/h4-8,11H,2-3,9H2,1H3,(H,15,16)/b7-5+. The smallest absolute Gasteiger partial charge is 0.328 e. The Morgan fingerprint density at radius 1 is 1.44 bits per heavy atom. The highest BCUT2D eigenvalue weighted by Crippen LogP contribution is 2.33. The molecule has 1 N–H and O–H groups in total. The van der Waals surface area contributed by atoms with Crippen LogP contribution in [0.2, 0.25) is 0 Å². The molecule has 0 amide bonds. The highest BCUT2D eigenvalue weighted by Gasteiger charge is 2.22. The summed E-state index contributed by atoms with van der Waals surface area (Å²) < 4.78 is 10.9. The van der Waals surface area contributed by atoms with Crippen LogP contribution in [0.25, 0.3) is 6.08 Å². The van der Waals surface area contributed by atoms with Gasteiger partial charge in [0.1, 0.15) is 0 Å². The number of aliphatic carboxylic acids is 1. The zero-order valence-electron chi connectivity index (χ0n) is 10.3. The van der Waals surface area contributed by atoms with Crippen LogP contribution in [-0.4, -0.2) is 24.8 Å². The summed E-state index contributed by atoms with van der Waals surface area (Å²) in [5, 5.41) is 8.57. The molecular weight excluding hydrogens is 232 g/mol. The summed E-state index contributed by atoms with van der Waals surface area (Å²) in [6.45, 7) is 0.723. The molecule has 96 valence electrons. The molecule has 18 heavy (non-hydrogen) atoms. The lowest BCUT2D eigenvalue weighted by atomic mass is 10.2. The lowest BCUT2D eigenvalue weighted by Crippen LogP contribution is -2.00. The fraction of sp³-hybridized carbons (Fsp3) is 0.357. The van der Waals surface area contributed by atoms with Gasteiger partial charge in [-0.3, -0.25) is 0 Å². The summed E-state index contributed by atoms with van der Waals surface area (Å²) >= 11 is 0. The number of carboxylic acids is 1. The van der Waals surface area contributed by atoms with E-state index in [0.717, 1.165) is 18.2 Å². The van der Waals surface area contributed by atoms with E-state index in [1.165, 1.54) is 18.9 Å². The van der Waals surface area contributed by atoms with Crippen LogP contribution in [0, 0.1) is 5.92 Å². The molecule has 0 radical (unpaired) electrons. The molecule has 1 aliphatic rings. The summed E-state index contributed by atoms with van der Waals surface area (Å²) in [6, 6.07) is 5.38. The molecule has 0 bridgehead atoms. The van der Waals surface area contributed by atoms with Crippen LogP contribution in [0.1, 0.15) is 18.4 Å². The maximum Gasteiger partial charge on any atom is 0.328 e. The Bertz CT molecular complexity index is 461. The van der Waals surface area contributed by atoms with Gasteiger partial charge in [-0.25, -0.2) is 4.79 Å². The van der Waals surface area contributed by atoms with E-state index >= 15 is 0 Å². The van der Waals surface area contributed by atoms with Crippen LogP contribution in [0.5, 0.6) is 11.5 Å². The first-order valence-electron chi connectivity index (χ1n) is 5.91. The molecule has 4 nitrogen and oxygen atoms in total. The van der Waals surface area contributed by atoms with E-state index in [0.29, 0.717) is 17.4 Å². The van der Waals surface area contributed by atoms with Gasteiger partial charge in [0.15, 0.2) is 11.5 Å². The zero-order valence-corrected chi connectivity index (χ0v) is 10.3. The van der Waals surface area contributed by atoms with Crippen LogP contribution < -0.4 is 9.47 Å². The number of hydrogen-bond donors (Lipinski definition) is 1. The quantitative estimate of drug-likeness (QED) is 0.786. The highest BCUT2D eigenvalue weighted by atomic mass is 16.5. The number of hydrogen-bond acceptors (Lipinski definition) is 3. The number of methoxy groups -OCH3 is 1. The van der Waals surface area contributed by atoms with Crippen molar-refractivity contribution in [2.24, 2.45) is 5.92 Å². The van der Waals surface area contributed by atoms with Gasteiger partial charge in [0.2, 0.25) is 0 Å². The second-order valence-corrected chi connectivity index (χ2v) is 4.34. The molecule has 2 rings (SSSR count). The summed E-state index contributed by atoms with van der Waals surface area (Å²) in [5.41, 5.74) is 0.771. The average molecular weight is 248 g/mol. The van der Waals surface area contributed by atoms with Crippen LogP contribution >= 0.6 is 0 Å². The Morgan fingerprint density at radius 3 is 2.83 bits per heavy atom. The Hall–Kier alpha value is -1.97. The molecule has 4 heteroatoms. The molecule has 1 saturated carbocycles. The number of rotatable bonds is 6. The Morgan fingerprint density at radius 2 is 2.22 bits per heavy atom. The number of benzene rings is 1. The van der Waals surface area contributed by atoms with E-state index in [1.807, 2.05) is 12.1 Å². The molecule has 1 aromatic carbocycles. The van der Waals surface area contributed by atoms with Crippen molar-refractivity contribution in [2.45, 2.75) is 12.8 Å². The second-order valence-electron chi connectivity index (χ2n) is 4.34. The van der Waals surface area contributed by atoms with Crippen molar-refractivity contribution in [3.63, 3.8) is 0 Å². The molecule has 0 atom stereocenters. The molecule has 1 fully saturated rings. The minimum absolute atomic E-state index is 0.628. The van der Waals surface area contributed by atoms with Crippen molar-refractivity contribution in [2.75, 3.05) is 13.7 Å². The molecule has 0 aliphatic heterocycles. The van der Waals surface area contributed by atoms with Crippen molar-refractivity contribution in [1.29, 1.82) is 0 Å². The maximum atomic E-state index is 10.4. The fourth-order valence-electron chi connectivity index (χ4n) is 1.57. The van der Waals surface area contributed by atoms with E-state index in [1.54, 1.807) is 13.2 Å². The SMILES string of the molecule is COc1cc(/C=C/C(=O)O)ccc1OCC1CC1. The van der Waals surface area contributed by atoms with E-state index < -0.39 is 5.97 Å². The molecular formula is C14H16O4. The van der Waals surface area contributed by atoms with Gasteiger partial charge in [-0.1, -0.05) is 6.07 Å². The summed E-state index contributed by atoms with van der Waals surface area (Å²) in [4.78, 5) is 10.4. The van der Waals surface area contributed by atoms with Gasteiger partial charge in [0.05, 0.1) is 13.7 Å². The van der Waals surface area contributed by atoms with Crippen LogP contribution in [0.15, 0.2) is 24.3 Å². The van der Waals surface area contributed by atoms with Gasteiger partial charge in [-0.15, -0.1) is 0 Å². The molecule has 0 aromatic heterocycles. The number of carboxylic acid groups (broad SMARTS) is 1.